The van der Waals surface area contributed by atoms with Crippen molar-refractivity contribution in [1.82, 2.24) is 0 Å². The number of benzene rings is 1. The van der Waals surface area contributed by atoms with Crippen molar-refractivity contribution >= 4 is 17.8 Å². The number of fused-ring (bicyclic) bond motifs is 1. The number of Topliss-reactive ketones (excluding diaryl/α,β-unsaturated/α-hetero) is 2. The van der Waals surface area contributed by atoms with Crippen molar-refractivity contribution in [2.75, 3.05) is 0 Å². The molecular weight excluding hydrogens is 310 g/mol. The first-order chi connectivity index (χ1) is 12.1. The van der Waals surface area contributed by atoms with Crippen molar-refractivity contribution in [2.45, 2.75) is 51.5 Å². The number of nitrogens with zero attached hydrogens (tertiary/aromatic N) is 1. The van der Waals surface area contributed by atoms with Crippen molar-refractivity contribution in [3.05, 3.63) is 35.4 Å². The van der Waals surface area contributed by atoms with Crippen LogP contribution in [-0.4, -0.2) is 23.8 Å². The fraction of sp³-hybridized carbons (Fsp3) is 0.591. The van der Waals surface area contributed by atoms with Crippen LogP contribution in [0, 0.1) is 29.1 Å². The lowest BCUT2D eigenvalue weighted by atomic mass is 9.48. The van der Waals surface area contributed by atoms with Crippen LogP contribution in [0.3, 0.4) is 0 Å². The summed E-state index contributed by atoms with van der Waals surface area (Å²) >= 11 is 0. The molecule has 5 aliphatic carbocycles. The Morgan fingerprint density at radius 1 is 0.960 bits per heavy atom. The first-order valence-electron chi connectivity index (χ1n) is 9.76. The summed E-state index contributed by atoms with van der Waals surface area (Å²) in [4.78, 5) is 29.9. The van der Waals surface area contributed by atoms with Crippen LogP contribution >= 0.6 is 0 Å². The van der Waals surface area contributed by atoms with E-state index < -0.39 is 5.92 Å². The van der Waals surface area contributed by atoms with Gasteiger partial charge in [-0.15, -0.1) is 0 Å². The number of carbonyl (C=O) groups is 2. The molecule has 25 heavy (non-hydrogen) atoms. The molecule has 0 spiro atoms. The molecule has 1 aromatic rings. The van der Waals surface area contributed by atoms with Crippen molar-refractivity contribution in [3.63, 3.8) is 0 Å². The van der Waals surface area contributed by atoms with Gasteiger partial charge in [-0.05, 0) is 68.6 Å². The molecule has 130 valence electrons. The maximum absolute atomic E-state index is 12.6. The zero-order chi connectivity index (χ0) is 17.2. The maximum Gasteiger partial charge on any atom is 0.179 e. The van der Waals surface area contributed by atoms with Gasteiger partial charge in [0, 0.05) is 17.3 Å². The Morgan fingerprint density at radius 3 is 1.92 bits per heavy atom. The summed E-state index contributed by atoms with van der Waals surface area (Å²) in [5.74, 6) is 1.81. The van der Waals surface area contributed by atoms with Gasteiger partial charge in [0.15, 0.2) is 11.6 Å². The van der Waals surface area contributed by atoms with Crippen LogP contribution < -0.4 is 0 Å². The van der Waals surface area contributed by atoms with E-state index in [-0.39, 0.29) is 17.6 Å². The third-order valence-corrected chi connectivity index (χ3v) is 7.45. The Balaban J connectivity index is 1.37. The second-order valence-electron chi connectivity index (χ2n) is 9.01. The quantitative estimate of drug-likeness (QED) is 0.609. The molecule has 0 aliphatic heterocycles. The van der Waals surface area contributed by atoms with Crippen molar-refractivity contribution < 1.29 is 9.59 Å². The normalized spacial score (nSPS) is 37.9. The Bertz CT molecular complexity index is 708. The van der Waals surface area contributed by atoms with E-state index >= 15 is 0 Å². The standard InChI is InChI=1S/C22H25NO2/c1-13(22-9-14-6-15(10-22)8-16(7-14)11-22)23-12-19-20(24)17-4-2-3-5-18(17)21(19)25/h2-5,12-16,19H,6-11H2,1H3/t13-,14?,15?,16?,22?/m0/s1. The van der Waals surface area contributed by atoms with E-state index in [0.717, 1.165) is 17.8 Å². The van der Waals surface area contributed by atoms with Crippen LogP contribution in [-0.2, 0) is 0 Å². The average molecular weight is 335 g/mol. The first kappa shape index (κ1) is 15.5. The summed E-state index contributed by atoms with van der Waals surface area (Å²) in [6, 6.07) is 7.37. The molecule has 3 nitrogen and oxygen atoms in total. The van der Waals surface area contributed by atoms with Crippen LogP contribution in [0.5, 0.6) is 0 Å². The van der Waals surface area contributed by atoms with E-state index in [1.807, 2.05) is 12.1 Å². The number of ketones is 2. The van der Waals surface area contributed by atoms with Gasteiger partial charge < -0.3 is 0 Å². The molecule has 0 radical (unpaired) electrons. The van der Waals surface area contributed by atoms with E-state index in [0.29, 0.717) is 16.5 Å². The monoisotopic (exact) mass is 335 g/mol. The molecular formula is C22H25NO2. The molecule has 0 N–H and O–H groups in total. The van der Waals surface area contributed by atoms with E-state index in [4.69, 9.17) is 4.99 Å². The minimum absolute atomic E-state index is 0.0814. The van der Waals surface area contributed by atoms with Gasteiger partial charge in [-0.2, -0.15) is 0 Å². The summed E-state index contributed by atoms with van der Waals surface area (Å²) in [5.41, 5.74) is 1.45. The lowest BCUT2D eigenvalue weighted by Crippen LogP contribution is -2.50. The van der Waals surface area contributed by atoms with Gasteiger partial charge in [0.1, 0.15) is 5.92 Å². The molecule has 1 aromatic carbocycles. The highest BCUT2D eigenvalue weighted by Gasteiger charge is 2.53. The van der Waals surface area contributed by atoms with E-state index in [9.17, 15) is 9.59 Å². The number of hydrogen-bond acceptors (Lipinski definition) is 3. The molecule has 0 saturated heterocycles. The molecule has 4 saturated carbocycles. The Kier molecular flexibility index (Phi) is 3.32. The van der Waals surface area contributed by atoms with Crippen LogP contribution in [0.1, 0.15) is 66.2 Å². The first-order valence-corrected chi connectivity index (χ1v) is 9.76. The van der Waals surface area contributed by atoms with Crippen molar-refractivity contribution in [2.24, 2.45) is 34.1 Å². The summed E-state index contributed by atoms with van der Waals surface area (Å²) < 4.78 is 0. The highest BCUT2D eigenvalue weighted by Crippen LogP contribution is 2.61. The van der Waals surface area contributed by atoms with Gasteiger partial charge in [-0.1, -0.05) is 24.3 Å². The number of hydrogen-bond donors (Lipinski definition) is 0. The molecule has 0 unspecified atom stereocenters. The molecule has 3 heteroatoms. The van der Waals surface area contributed by atoms with E-state index in [1.54, 1.807) is 18.3 Å². The van der Waals surface area contributed by atoms with Crippen LogP contribution in [0.15, 0.2) is 29.3 Å². The maximum atomic E-state index is 12.6. The van der Waals surface area contributed by atoms with E-state index in [2.05, 4.69) is 6.92 Å². The summed E-state index contributed by atoms with van der Waals surface area (Å²) in [7, 11) is 0. The Hall–Kier alpha value is -1.77. The minimum Gasteiger partial charge on any atom is -0.293 e. The van der Waals surface area contributed by atoms with Gasteiger partial charge in [0.05, 0.1) is 6.04 Å². The largest absolute Gasteiger partial charge is 0.293 e. The number of rotatable bonds is 3. The molecule has 4 bridgehead atoms. The van der Waals surface area contributed by atoms with Crippen LogP contribution in [0.25, 0.3) is 0 Å². The molecule has 6 rings (SSSR count). The third kappa shape index (κ3) is 2.28. The summed E-state index contributed by atoms with van der Waals surface area (Å²) in [6.07, 6.45) is 9.83. The van der Waals surface area contributed by atoms with Gasteiger partial charge in [-0.25, -0.2) is 0 Å². The molecule has 5 aliphatic rings. The second kappa shape index (κ2) is 5.36. The number of carbonyl (C=O) groups excluding carboxylic acids is 2. The summed E-state index contributed by atoms with van der Waals surface area (Å²) in [6.45, 7) is 2.21. The topological polar surface area (TPSA) is 46.5 Å². The Labute approximate surface area is 148 Å². The zero-order valence-corrected chi connectivity index (χ0v) is 14.8. The SMILES string of the molecule is C[C@H](N=CC1C(=O)c2ccccc2C1=O)C12CC3CC(CC(C3)C1)C2. The fourth-order valence-electron chi connectivity index (χ4n) is 6.56. The molecule has 0 amide bonds. The molecule has 4 fully saturated rings. The highest BCUT2D eigenvalue weighted by molar-refractivity contribution is 6.33. The third-order valence-electron chi connectivity index (χ3n) is 7.45. The smallest absolute Gasteiger partial charge is 0.179 e. The summed E-state index contributed by atoms with van der Waals surface area (Å²) in [5, 5.41) is 0. The van der Waals surface area contributed by atoms with Crippen molar-refractivity contribution in [1.29, 1.82) is 0 Å². The zero-order valence-electron chi connectivity index (χ0n) is 14.8. The van der Waals surface area contributed by atoms with Gasteiger partial charge in [0.25, 0.3) is 0 Å². The minimum atomic E-state index is -0.700. The van der Waals surface area contributed by atoms with Gasteiger partial charge in [-0.3, -0.25) is 14.6 Å². The molecule has 0 heterocycles. The van der Waals surface area contributed by atoms with Crippen LogP contribution in [0.2, 0.25) is 0 Å². The predicted molar refractivity (Wildman–Crippen MR) is 97.2 cm³/mol. The van der Waals surface area contributed by atoms with Gasteiger partial charge in [0.2, 0.25) is 0 Å². The van der Waals surface area contributed by atoms with E-state index in [1.165, 1.54) is 38.5 Å². The van der Waals surface area contributed by atoms with Gasteiger partial charge >= 0.3 is 0 Å². The lowest BCUT2D eigenvalue weighted by molar-refractivity contribution is -0.0632. The fourth-order valence-corrected chi connectivity index (χ4v) is 6.56. The predicted octanol–water partition coefficient (Wildman–Crippen LogP) is 4.36. The average Bonchev–Trinajstić information content (AvgIpc) is 2.83. The number of aliphatic imine (C=N–C) groups is 1. The molecule has 1 atom stereocenters. The van der Waals surface area contributed by atoms with Crippen molar-refractivity contribution in [3.8, 4) is 0 Å². The van der Waals surface area contributed by atoms with Crippen LogP contribution in [0.4, 0.5) is 0 Å². The highest BCUT2D eigenvalue weighted by atomic mass is 16.2. The Morgan fingerprint density at radius 2 is 1.44 bits per heavy atom. The molecule has 0 aromatic heterocycles. The second-order valence-corrected chi connectivity index (χ2v) is 9.01. The lowest BCUT2D eigenvalue weighted by Gasteiger charge is -2.58.